The van der Waals surface area contributed by atoms with Crippen LogP contribution in [0.15, 0.2) is 59.5 Å². The molecule has 34 heavy (non-hydrogen) atoms. The average molecular weight is 480 g/mol. The first-order valence-electron chi connectivity index (χ1n) is 10.4. The highest BCUT2D eigenvalue weighted by Gasteiger charge is 2.47. The van der Waals surface area contributed by atoms with Crippen LogP contribution in [0.3, 0.4) is 0 Å². The van der Waals surface area contributed by atoms with Crippen LogP contribution in [0.5, 0.6) is 23.0 Å². The monoisotopic (exact) mass is 479 g/mol. The summed E-state index contributed by atoms with van der Waals surface area (Å²) < 4.78 is 21.8. The van der Waals surface area contributed by atoms with Gasteiger partial charge >= 0.3 is 0 Å². The van der Waals surface area contributed by atoms with Gasteiger partial charge in [-0.25, -0.2) is 0 Å². The average Bonchev–Trinajstić information content (AvgIpc) is 3.60. The molecule has 3 aromatic rings. The van der Waals surface area contributed by atoms with E-state index in [1.807, 2.05) is 17.5 Å². The second-order valence-corrected chi connectivity index (χ2v) is 8.73. The lowest BCUT2D eigenvalue weighted by Gasteiger charge is -2.25. The van der Waals surface area contributed by atoms with E-state index in [1.54, 1.807) is 36.4 Å². The van der Waals surface area contributed by atoms with Crippen molar-refractivity contribution in [3.63, 3.8) is 0 Å². The largest absolute Gasteiger partial charge is 0.507 e. The number of fused-ring (bicyclic) bond motifs is 1. The van der Waals surface area contributed by atoms with Crippen LogP contribution < -0.4 is 18.9 Å². The zero-order chi connectivity index (χ0) is 23.8. The number of carbonyl (C=O) groups excluding carboxylic acids is 2. The van der Waals surface area contributed by atoms with Crippen molar-refractivity contribution in [1.29, 1.82) is 0 Å². The molecular formula is C25H21NO7S. The predicted octanol–water partition coefficient (Wildman–Crippen LogP) is 4.12. The minimum Gasteiger partial charge on any atom is -0.507 e. The third-order valence-corrected chi connectivity index (χ3v) is 6.65. The van der Waals surface area contributed by atoms with Gasteiger partial charge in [0.15, 0.2) is 11.5 Å². The molecule has 5 rings (SSSR count). The summed E-state index contributed by atoms with van der Waals surface area (Å²) in [6, 6.07) is 13.0. The lowest BCUT2D eigenvalue weighted by molar-refractivity contribution is -0.140. The van der Waals surface area contributed by atoms with Gasteiger partial charge in [0, 0.05) is 10.4 Å². The molecule has 174 valence electrons. The Labute approximate surface area is 199 Å². The van der Waals surface area contributed by atoms with Gasteiger partial charge in [-0.2, -0.15) is 0 Å². The first-order chi connectivity index (χ1) is 16.5. The van der Waals surface area contributed by atoms with Crippen LogP contribution in [0.1, 0.15) is 22.0 Å². The summed E-state index contributed by atoms with van der Waals surface area (Å²) in [4.78, 5) is 28.8. The van der Waals surface area contributed by atoms with Gasteiger partial charge in [-0.1, -0.05) is 18.2 Å². The fourth-order valence-corrected chi connectivity index (χ4v) is 4.90. The van der Waals surface area contributed by atoms with Crippen molar-refractivity contribution in [1.82, 2.24) is 4.90 Å². The van der Waals surface area contributed by atoms with Crippen molar-refractivity contribution in [3.05, 3.63) is 75.5 Å². The first-order valence-corrected chi connectivity index (χ1v) is 11.3. The number of Topliss-reactive ketones (excluding diaryl/α,β-unsaturated/α-hetero) is 1. The van der Waals surface area contributed by atoms with E-state index < -0.39 is 17.7 Å². The topological polar surface area (TPSA) is 94.5 Å². The van der Waals surface area contributed by atoms with E-state index in [-0.39, 0.29) is 24.7 Å². The molecule has 2 aliphatic rings. The van der Waals surface area contributed by atoms with E-state index in [1.165, 1.54) is 30.5 Å². The van der Waals surface area contributed by atoms with Crippen LogP contribution >= 0.6 is 11.3 Å². The zero-order valence-corrected chi connectivity index (χ0v) is 19.3. The lowest BCUT2D eigenvalue weighted by Crippen LogP contribution is -2.28. The van der Waals surface area contributed by atoms with Gasteiger partial charge in [0.05, 0.1) is 32.4 Å². The number of rotatable bonds is 6. The molecule has 0 saturated carbocycles. The number of amides is 1. The molecule has 1 amide bonds. The highest BCUT2D eigenvalue weighted by Crippen LogP contribution is 2.48. The highest BCUT2D eigenvalue weighted by molar-refractivity contribution is 7.09. The minimum atomic E-state index is -0.864. The summed E-state index contributed by atoms with van der Waals surface area (Å²) >= 11 is 1.48. The maximum atomic E-state index is 13.3. The number of hydrogen-bond donors (Lipinski definition) is 1. The van der Waals surface area contributed by atoms with Crippen molar-refractivity contribution < 1.29 is 33.6 Å². The number of nitrogens with zero attached hydrogens (tertiary/aromatic N) is 1. The molecule has 3 heterocycles. The number of aliphatic hydroxyl groups is 1. The predicted molar refractivity (Wildman–Crippen MR) is 124 cm³/mol. The molecule has 1 atom stereocenters. The Morgan fingerprint density at radius 1 is 1.12 bits per heavy atom. The van der Waals surface area contributed by atoms with E-state index >= 15 is 0 Å². The van der Waals surface area contributed by atoms with E-state index in [0.717, 1.165) is 4.88 Å². The van der Waals surface area contributed by atoms with Gasteiger partial charge < -0.3 is 29.0 Å². The molecule has 1 N–H and O–H groups in total. The Bertz CT molecular complexity index is 1300. The number of thiophene rings is 1. The fourth-order valence-electron chi connectivity index (χ4n) is 4.19. The van der Waals surface area contributed by atoms with Crippen LogP contribution in [-0.2, 0) is 16.1 Å². The van der Waals surface area contributed by atoms with Gasteiger partial charge in [-0.3, -0.25) is 9.59 Å². The summed E-state index contributed by atoms with van der Waals surface area (Å²) in [5, 5.41) is 13.2. The number of methoxy groups -OCH3 is 2. The number of ether oxygens (including phenoxy) is 4. The molecule has 9 heteroatoms. The molecule has 1 fully saturated rings. The Balaban J connectivity index is 1.70. The molecule has 0 bridgehead atoms. The summed E-state index contributed by atoms with van der Waals surface area (Å²) in [5.74, 6) is 0.0727. The SMILES string of the molecule is COc1cccc(/C(O)=C2\C(=O)C(=O)N(Cc3cccs3)C2c2cc(OC)c3c(c2)OCO3)c1. The standard InChI is InChI=1S/C25H21NO7S/c1-30-16-6-3-5-14(9-16)22(27)20-21(15-10-18(31-2)24-19(11-15)32-13-33-24)26(25(29)23(20)28)12-17-7-4-8-34-17/h3-11,21,27H,12-13H2,1-2H3/b22-20+. The van der Waals surface area contributed by atoms with E-state index in [4.69, 9.17) is 18.9 Å². The van der Waals surface area contributed by atoms with Gasteiger partial charge in [0.25, 0.3) is 11.7 Å². The van der Waals surface area contributed by atoms with Crippen molar-refractivity contribution >= 4 is 28.8 Å². The van der Waals surface area contributed by atoms with E-state index in [0.29, 0.717) is 34.1 Å². The Morgan fingerprint density at radius 3 is 2.71 bits per heavy atom. The van der Waals surface area contributed by atoms with Gasteiger partial charge in [-0.05, 0) is 41.3 Å². The zero-order valence-electron chi connectivity index (χ0n) is 18.4. The number of carbonyl (C=O) groups is 2. The second kappa shape index (κ2) is 8.75. The summed E-state index contributed by atoms with van der Waals surface area (Å²) in [7, 11) is 3.01. The Hall–Kier alpha value is -3.98. The van der Waals surface area contributed by atoms with Crippen LogP contribution in [0.25, 0.3) is 5.76 Å². The quantitative estimate of drug-likeness (QED) is 0.323. The van der Waals surface area contributed by atoms with Crippen LogP contribution in [0.4, 0.5) is 0 Å². The molecule has 2 aromatic carbocycles. The molecule has 0 spiro atoms. The number of benzene rings is 2. The van der Waals surface area contributed by atoms with E-state index in [9.17, 15) is 14.7 Å². The Kier molecular flexibility index (Phi) is 5.62. The van der Waals surface area contributed by atoms with Crippen LogP contribution in [0.2, 0.25) is 0 Å². The number of ketones is 1. The van der Waals surface area contributed by atoms with Crippen molar-refractivity contribution in [2.45, 2.75) is 12.6 Å². The first kappa shape index (κ1) is 21.8. The number of likely N-dealkylation sites (tertiary alicyclic amines) is 1. The van der Waals surface area contributed by atoms with Crippen molar-refractivity contribution in [2.75, 3.05) is 21.0 Å². The highest BCUT2D eigenvalue weighted by atomic mass is 32.1. The third kappa shape index (κ3) is 3.63. The van der Waals surface area contributed by atoms with Crippen molar-refractivity contribution in [3.8, 4) is 23.0 Å². The summed E-state index contributed by atoms with van der Waals surface area (Å²) in [6.45, 7) is 0.243. The number of aliphatic hydroxyl groups excluding tert-OH is 1. The minimum absolute atomic E-state index is 0.0178. The van der Waals surface area contributed by atoms with Gasteiger partial charge in [0.2, 0.25) is 12.5 Å². The van der Waals surface area contributed by atoms with Crippen molar-refractivity contribution in [2.24, 2.45) is 0 Å². The number of hydrogen-bond acceptors (Lipinski definition) is 8. The molecule has 0 aliphatic carbocycles. The normalized spacial score (nSPS) is 18.4. The fraction of sp³-hybridized carbons (Fsp3) is 0.200. The van der Waals surface area contributed by atoms with Gasteiger partial charge in [-0.15, -0.1) is 11.3 Å². The molecule has 2 aliphatic heterocycles. The lowest BCUT2D eigenvalue weighted by atomic mass is 9.94. The second-order valence-electron chi connectivity index (χ2n) is 7.70. The smallest absolute Gasteiger partial charge is 0.295 e. The van der Waals surface area contributed by atoms with E-state index in [2.05, 4.69) is 0 Å². The maximum absolute atomic E-state index is 13.3. The maximum Gasteiger partial charge on any atom is 0.295 e. The summed E-state index contributed by atoms with van der Waals surface area (Å²) in [5.41, 5.74) is 0.906. The molecule has 1 unspecified atom stereocenters. The summed E-state index contributed by atoms with van der Waals surface area (Å²) in [6.07, 6.45) is 0. The third-order valence-electron chi connectivity index (χ3n) is 5.79. The molecule has 0 radical (unpaired) electrons. The Morgan fingerprint density at radius 2 is 1.97 bits per heavy atom. The molecule has 1 aromatic heterocycles. The van der Waals surface area contributed by atoms with Gasteiger partial charge in [0.1, 0.15) is 11.5 Å². The van der Waals surface area contributed by atoms with Crippen LogP contribution in [-0.4, -0.2) is 42.7 Å². The molecule has 1 saturated heterocycles. The van der Waals surface area contributed by atoms with Crippen LogP contribution in [0, 0.1) is 0 Å². The molecule has 8 nitrogen and oxygen atoms in total. The molecular weight excluding hydrogens is 458 g/mol.